The molecule has 1 heterocycles. The quantitative estimate of drug-likeness (QED) is 0.575. The topological polar surface area (TPSA) is 35.5 Å². The largest absolute Gasteiger partial charge is 0.313 e. The van der Waals surface area contributed by atoms with E-state index in [1.807, 2.05) is 13.0 Å². The van der Waals surface area contributed by atoms with Gasteiger partial charge >= 0.3 is 0 Å². The summed E-state index contributed by atoms with van der Waals surface area (Å²) in [7, 11) is 0. The van der Waals surface area contributed by atoms with Crippen LogP contribution in [0.25, 0.3) is 0 Å². The van der Waals surface area contributed by atoms with Gasteiger partial charge in [-0.15, -0.1) is 6.58 Å². The van der Waals surface area contributed by atoms with Crippen LogP contribution in [0.4, 0.5) is 0 Å². The Kier molecular flexibility index (Phi) is 2.65. The van der Waals surface area contributed by atoms with Crippen LogP contribution in [0.3, 0.4) is 0 Å². The summed E-state index contributed by atoms with van der Waals surface area (Å²) in [5.74, 6) is 0. The second-order valence-electron chi connectivity index (χ2n) is 3.29. The van der Waals surface area contributed by atoms with Crippen molar-refractivity contribution in [3.8, 4) is 0 Å². The lowest BCUT2D eigenvalue weighted by Gasteiger charge is -2.40. The Morgan fingerprint density at radius 1 is 1.82 bits per heavy atom. The molecule has 0 radical (unpaired) electrons. The highest BCUT2D eigenvalue weighted by atomic mass is 16.5. The molecule has 1 rings (SSSR count). The van der Waals surface area contributed by atoms with Gasteiger partial charge in [0.1, 0.15) is 0 Å². The van der Waals surface area contributed by atoms with E-state index >= 15 is 0 Å². The van der Waals surface area contributed by atoms with Gasteiger partial charge in [0.15, 0.2) is 0 Å². The number of rotatable bonds is 2. The van der Waals surface area contributed by atoms with Gasteiger partial charge in [0.2, 0.25) is 0 Å². The first-order valence-corrected chi connectivity index (χ1v) is 3.97. The molecule has 11 heavy (non-hydrogen) atoms. The van der Waals surface area contributed by atoms with E-state index in [9.17, 15) is 5.21 Å². The van der Waals surface area contributed by atoms with Gasteiger partial charge in [0.05, 0.1) is 5.54 Å². The highest BCUT2D eigenvalue weighted by Gasteiger charge is 2.31. The van der Waals surface area contributed by atoms with Gasteiger partial charge in [-0.1, -0.05) is 6.08 Å². The molecule has 0 bridgehead atoms. The van der Waals surface area contributed by atoms with Crippen molar-refractivity contribution in [2.75, 3.05) is 19.6 Å². The van der Waals surface area contributed by atoms with E-state index in [1.54, 1.807) is 0 Å². The summed E-state index contributed by atoms with van der Waals surface area (Å²) in [6, 6.07) is 0. The molecule has 64 valence electrons. The van der Waals surface area contributed by atoms with E-state index in [4.69, 9.17) is 0 Å². The zero-order valence-electron chi connectivity index (χ0n) is 7.01. The first kappa shape index (κ1) is 8.71. The molecular weight excluding hydrogens is 140 g/mol. The van der Waals surface area contributed by atoms with Crippen LogP contribution < -0.4 is 5.32 Å². The van der Waals surface area contributed by atoms with Crippen molar-refractivity contribution in [3.63, 3.8) is 0 Å². The summed E-state index contributed by atoms with van der Waals surface area (Å²) in [5, 5.41) is 14.2. The first-order chi connectivity index (χ1) is 5.19. The maximum Gasteiger partial charge on any atom is 0.0591 e. The van der Waals surface area contributed by atoms with Crippen molar-refractivity contribution in [1.29, 1.82) is 0 Å². The van der Waals surface area contributed by atoms with E-state index in [-0.39, 0.29) is 5.54 Å². The third-order valence-corrected chi connectivity index (χ3v) is 2.21. The van der Waals surface area contributed by atoms with Crippen LogP contribution in [0, 0.1) is 0 Å². The van der Waals surface area contributed by atoms with Crippen molar-refractivity contribution in [3.05, 3.63) is 12.7 Å². The van der Waals surface area contributed by atoms with Gasteiger partial charge < -0.3 is 10.5 Å². The zero-order chi connectivity index (χ0) is 8.32. The highest BCUT2D eigenvalue weighted by Crippen LogP contribution is 2.18. The van der Waals surface area contributed by atoms with Crippen LogP contribution in [-0.2, 0) is 0 Å². The molecule has 0 spiro atoms. The molecule has 0 aliphatic carbocycles. The van der Waals surface area contributed by atoms with Gasteiger partial charge in [-0.25, -0.2) is 0 Å². The van der Waals surface area contributed by atoms with Crippen molar-refractivity contribution < 1.29 is 5.21 Å². The van der Waals surface area contributed by atoms with E-state index in [0.29, 0.717) is 6.54 Å². The number of piperazine rings is 1. The molecule has 1 saturated heterocycles. The number of nitrogens with one attached hydrogen (secondary N) is 1. The van der Waals surface area contributed by atoms with Gasteiger partial charge in [-0.2, -0.15) is 5.06 Å². The molecule has 2 N–H and O–H groups in total. The number of hydrogen-bond acceptors (Lipinski definition) is 3. The first-order valence-electron chi connectivity index (χ1n) is 3.97. The molecule has 0 saturated carbocycles. The van der Waals surface area contributed by atoms with Gasteiger partial charge in [-0.05, 0) is 13.3 Å². The summed E-state index contributed by atoms with van der Waals surface area (Å²) in [4.78, 5) is 0. The van der Waals surface area contributed by atoms with Crippen LogP contribution in [0.5, 0.6) is 0 Å². The lowest BCUT2D eigenvalue weighted by Crippen LogP contribution is -2.57. The van der Waals surface area contributed by atoms with Crippen molar-refractivity contribution in [1.82, 2.24) is 10.4 Å². The summed E-state index contributed by atoms with van der Waals surface area (Å²) < 4.78 is 0. The molecule has 1 aliphatic rings. The van der Waals surface area contributed by atoms with E-state index in [2.05, 4.69) is 11.9 Å². The molecule has 1 aliphatic heterocycles. The summed E-state index contributed by atoms with van der Waals surface area (Å²) in [6.45, 7) is 8.09. The van der Waals surface area contributed by atoms with Crippen molar-refractivity contribution in [2.45, 2.75) is 18.9 Å². The monoisotopic (exact) mass is 156 g/mol. The van der Waals surface area contributed by atoms with E-state index in [1.165, 1.54) is 5.06 Å². The third kappa shape index (κ3) is 1.80. The molecule has 0 aromatic carbocycles. The lowest BCUT2D eigenvalue weighted by atomic mass is 9.95. The van der Waals surface area contributed by atoms with Gasteiger partial charge in [0, 0.05) is 19.6 Å². The predicted octanol–water partition coefficient (Wildman–Crippen LogP) is 0.616. The van der Waals surface area contributed by atoms with Crippen molar-refractivity contribution in [2.24, 2.45) is 0 Å². The third-order valence-electron chi connectivity index (χ3n) is 2.21. The molecule has 3 nitrogen and oxygen atoms in total. The van der Waals surface area contributed by atoms with E-state index < -0.39 is 0 Å². The number of hydroxylamine groups is 2. The molecule has 0 amide bonds. The number of nitrogens with zero attached hydrogens (tertiary/aromatic N) is 1. The van der Waals surface area contributed by atoms with Crippen LogP contribution in [0.2, 0.25) is 0 Å². The van der Waals surface area contributed by atoms with Gasteiger partial charge in [-0.3, -0.25) is 0 Å². The molecular formula is C8H16N2O. The van der Waals surface area contributed by atoms with Crippen LogP contribution in [0.1, 0.15) is 13.3 Å². The minimum atomic E-state index is -0.153. The summed E-state index contributed by atoms with van der Waals surface area (Å²) in [6.07, 6.45) is 2.66. The minimum absolute atomic E-state index is 0.153. The summed E-state index contributed by atoms with van der Waals surface area (Å²) in [5.41, 5.74) is -0.153. The summed E-state index contributed by atoms with van der Waals surface area (Å²) >= 11 is 0. The zero-order valence-corrected chi connectivity index (χ0v) is 7.01. The Morgan fingerprint density at radius 3 is 3.09 bits per heavy atom. The molecule has 1 fully saturated rings. The fourth-order valence-corrected chi connectivity index (χ4v) is 1.39. The molecule has 0 aromatic rings. The van der Waals surface area contributed by atoms with E-state index in [0.717, 1.165) is 19.5 Å². The van der Waals surface area contributed by atoms with Gasteiger partial charge in [0.25, 0.3) is 0 Å². The van der Waals surface area contributed by atoms with Crippen LogP contribution in [-0.4, -0.2) is 35.4 Å². The average Bonchev–Trinajstić information content (AvgIpc) is 1.96. The average molecular weight is 156 g/mol. The smallest absolute Gasteiger partial charge is 0.0591 e. The standard InChI is InChI=1S/C8H16N2O/c1-3-4-8(2)7-9-5-6-10(8)11/h3,9,11H,1,4-7H2,2H3/t8-/m0/s1. The highest BCUT2D eigenvalue weighted by molar-refractivity contribution is 4.93. The second kappa shape index (κ2) is 3.34. The number of hydrogen-bond donors (Lipinski definition) is 2. The molecule has 3 heteroatoms. The fourth-order valence-electron chi connectivity index (χ4n) is 1.39. The minimum Gasteiger partial charge on any atom is -0.313 e. The SMILES string of the molecule is C=CC[C@@]1(C)CNCCN1O. The Morgan fingerprint density at radius 2 is 2.55 bits per heavy atom. The van der Waals surface area contributed by atoms with Crippen LogP contribution in [0.15, 0.2) is 12.7 Å². The second-order valence-corrected chi connectivity index (χ2v) is 3.29. The molecule has 1 atom stereocenters. The molecule has 0 unspecified atom stereocenters. The maximum atomic E-state index is 9.50. The lowest BCUT2D eigenvalue weighted by molar-refractivity contribution is -0.176. The predicted molar refractivity (Wildman–Crippen MR) is 44.6 cm³/mol. The Labute approximate surface area is 67.7 Å². The Balaban J connectivity index is 2.56. The van der Waals surface area contributed by atoms with Crippen LogP contribution >= 0.6 is 0 Å². The Bertz CT molecular complexity index is 149. The fraction of sp³-hybridized carbons (Fsp3) is 0.750. The van der Waals surface area contributed by atoms with Crippen molar-refractivity contribution >= 4 is 0 Å². The molecule has 0 aromatic heterocycles. The Hall–Kier alpha value is -0.380. The normalized spacial score (nSPS) is 33.6. The maximum absolute atomic E-state index is 9.50.